The van der Waals surface area contributed by atoms with Crippen molar-refractivity contribution in [3.63, 3.8) is 0 Å². The van der Waals surface area contributed by atoms with Gasteiger partial charge >= 0.3 is 12.1 Å². The van der Waals surface area contributed by atoms with Crippen LogP contribution in [0.15, 0.2) is 48.5 Å². The molecule has 6 nitrogen and oxygen atoms in total. The van der Waals surface area contributed by atoms with Gasteiger partial charge in [-0.15, -0.1) is 0 Å². The molecule has 0 spiro atoms. The van der Waals surface area contributed by atoms with Gasteiger partial charge in [0.2, 0.25) is 0 Å². The predicted molar refractivity (Wildman–Crippen MR) is 89.4 cm³/mol. The molecule has 0 radical (unpaired) electrons. The molecule has 2 N–H and O–H groups in total. The molecule has 0 aliphatic carbocycles. The van der Waals surface area contributed by atoms with Crippen molar-refractivity contribution in [2.75, 3.05) is 11.9 Å². The van der Waals surface area contributed by atoms with Gasteiger partial charge in [-0.3, -0.25) is 5.32 Å². The number of benzene rings is 2. The molecule has 0 aliphatic rings. The number of anilines is 1. The summed E-state index contributed by atoms with van der Waals surface area (Å²) in [5.74, 6) is -0.684. The fourth-order valence-corrected chi connectivity index (χ4v) is 1.97. The van der Waals surface area contributed by atoms with Crippen molar-refractivity contribution in [2.24, 2.45) is 0 Å². The lowest BCUT2D eigenvalue weighted by atomic mass is 10.2. The van der Waals surface area contributed by atoms with E-state index in [0.717, 1.165) is 12.0 Å². The first-order valence-electron chi connectivity index (χ1n) is 7.58. The summed E-state index contributed by atoms with van der Waals surface area (Å²) < 4.78 is 10.7. The quantitative estimate of drug-likeness (QED) is 0.804. The zero-order chi connectivity index (χ0) is 17.4. The second-order valence-electron chi connectivity index (χ2n) is 5.05. The van der Waals surface area contributed by atoms with Crippen molar-refractivity contribution in [2.45, 2.75) is 20.0 Å². The molecule has 1 amide bonds. The lowest BCUT2D eigenvalue weighted by molar-refractivity contribution is 0.0696. The van der Waals surface area contributed by atoms with E-state index in [4.69, 9.17) is 14.6 Å². The number of hydrogen-bond acceptors (Lipinski definition) is 4. The van der Waals surface area contributed by atoms with E-state index in [1.807, 2.05) is 37.3 Å². The highest BCUT2D eigenvalue weighted by atomic mass is 16.5. The van der Waals surface area contributed by atoms with Gasteiger partial charge in [-0.2, -0.15) is 0 Å². The van der Waals surface area contributed by atoms with Crippen molar-refractivity contribution in [3.8, 4) is 5.75 Å². The third-order valence-corrected chi connectivity index (χ3v) is 3.14. The van der Waals surface area contributed by atoms with Crippen molar-refractivity contribution >= 4 is 17.7 Å². The summed E-state index contributed by atoms with van der Waals surface area (Å²) in [5.41, 5.74) is 1.17. The summed E-state index contributed by atoms with van der Waals surface area (Å²) in [5, 5.41) is 11.6. The molecule has 0 atom stereocenters. The standard InChI is InChI=1S/C18H19NO5/c1-2-10-23-16-9-8-14(17(20)21)11-15(16)19-18(22)24-12-13-6-4-3-5-7-13/h3-9,11H,2,10,12H2,1H3,(H,19,22)(H,20,21). The summed E-state index contributed by atoms with van der Waals surface area (Å²) in [6.07, 6.45) is 0.112. The number of hydrogen-bond donors (Lipinski definition) is 2. The number of nitrogens with one attached hydrogen (secondary N) is 1. The van der Waals surface area contributed by atoms with Crippen LogP contribution < -0.4 is 10.1 Å². The third kappa shape index (κ3) is 5.01. The molecule has 0 heterocycles. The Morgan fingerprint density at radius 2 is 1.88 bits per heavy atom. The minimum absolute atomic E-state index is 0.0530. The van der Waals surface area contributed by atoms with E-state index in [1.54, 1.807) is 0 Å². The molecule has 24 heavy (non-hydrogen) atoms. The molecule has 2 aromatic rings. The molecule has 0 fully saturated rings. The Bertz CT molecular complexity index is 700. The van der Waals surface area contributed by atoms with Crippen LogP contribution in [0.4, 0.5) is 10.5 Å². The normalized spacial score (nSPS) is 10.0. The van der Waals surface area contributed by atoms with Gasteiger partial charge in [0.1, 0.15) is 12.4 Å². The topological polar surface area (TPSA) is 84.9 Å². The van der Waals surface area contributed by atoms with Crippen LogP contribution in [0.5, 0.6) is 5.75 Å². The predicted octanol–water partition coefficient (Wildman–Crippen LogP) is 3.92. The van der Waals surface area contributed by atoms with E-state index in [0.29, 0.717) is 12.4 Å². The second-order valence-corrected chi connectivity index (χ2v) is 5.05. The van der Waals surface area contributed by atoms with Gasteiger partial charge in [0, 0.05) is 0 Å². The Morgan fingerprint density at radius 3 is 2.54 bits per heavy atom. The minimum Gasteiger partial charge on any atom is -0.491 e. The lowest BCUT2D eigenvalue weighted by Crippen LogP contribution is -2.15. The Hall–Kier alpha value is -3.02. The van der Waals surface area contributed by atoms with Crippen LogP contribution in [0.25, 0.3) is 0 Å². The van der Waals surface area contributed by atoms with E-state index >= 15 is 0 Å². The highest BCUT2D eigenvalue weighted by molar-refractivity contribution is 5.93. The van der Waals surface area contributed by atoms with Gasteiger partial charge in [-0.1, -0.05) is 37.3 Å². The smallest absolute Gasteiger partial charge is 0.412 e. The second kappa shape index (κ2) is 8.57. The fourth-order valence-electron chi connectivity index (χ4n) is 1.97. The summed E-state index contributed by atoms with van der Waals surface area (Å²) in [6.45, 7) is 2.53. The van der Waals surface area contributed by atoms with E-state index in [1.165, 1.54) is 18.2 Å². The number of ether oxygens (including phenoxy) is 2. The molecule has 2 aromatic carbocycles. The van der Waals surface area contributed by atoms with Gasteiger partial charge in [0.15, 0.2) is 0 Å². The minimum atomic E-state index is -1.09. The number of carboxylic acids is 1. The maximum absolute atomic E-state index is 12.0. The SMILES string of the molecule is CCCOc1ccc(C(=O)O)cc1NC(=O)OCc1ccccc1. The first-order valence-corrected chi connectivity index (χ1v) is 7.58. The van der Waals surface area contributed by atoms with Crippen molar-refractivity contribution in [3.05, 3.63) is 59.7 Å². The van der Waals surface area contributed by atoms with Crippen LogP contribution in [0, 0.1) is 0 Å². The number of carbonyl (C=O) groups excluding carboxylic acids is 1. The number of carbonyl (C=O) groups is 2. The Morgan fingerprint density at radius 1 is 1.12 bits per heavy atom. The average Bonchev–Trinajstić information content (AvgIpc) is 2.59. The Kier molecular flexibility index (Phi) is 6.19. The molecule has 0 aromatic heterocycles. The first kappa shape index (κ1) is 17.3. The molecular formula is C18H19NO5. The van der Waals surface area contributed by atoms with Crippen LogP contribution in [-0.2, 0) is 11.3 Å². The van der Waals surface area contributed by atoms with Gasteiger partial charge < -0.3 is 14.6 Å². The van der Waals surface area contributed by atoms with Gasteiger partial charge in [-0.05, 0) is 30.2 Å². The van der Waals surface area contributed by atoms with Crippen molar-refractivity contribution < 1.29 is 24.2 Å². The maximum Gasteiger partial charge on any atom is 0.412 e. The highest BCUT2D eigenvalue weighted by Gasteiger charge is 2.13. The molecule has 0 unspecified atom stereocenters. The van der Waals surface area contributed by atoms with Crippen LogP contribution in [0.2, 0.25) is 0 Å². The van der Waals surface area contributed by atoms with Crippen LogP contribution in [-0.4, -0.2) is 23.8 Å². The summed E-state index contributed by atoms with van der Waals surface area (Å²) in [6, 6.07) is 13.5. The Labute approximate surface area is 140 Å². The summed E-state index contributed by atoms with van der Waals surface area (Å²) >= 11 is 0. The van der Waals surface area contributed by atoms with Gasteiger partial charge in [0.05, 0.1) is 17.9 Å². The first-order chi connectivity index (χ1) is 11.6. The lowest BCUT2D eigenvalue weighted by Gasteiger charge is -2.13. The molecule has 126 valence electrons. The largest absolute Gasteiger partial charge is 0.491 e. The number of rotatable bonds is 7. The van der Waals surface area contributed by atoms with E-state index in [2.05, 4.69) is 5.32 Å². The molecule has 6 heteroatoms. The third-order valence-electron chi connectivity index (χ3n) is 3.14. The molecule has 2 rings (SSSR count). The van der Waals surface area contributed by atoms with E-state index in [9.17, 15) is 9.59 Å². The molecule has 0 saturated carbocycles. The zero-order valence-corrected chi connectivity index (χ0v) is 13.3. The summed E-state index contributed by atoms with van der Waals surface area (Å²) in [4.78, 5) is 23.0. The van der Waals surface area contributed by atoms with Gasteiger partial charge in [-0.25, -0.2) is 9.59 Å². The van der Waals surface area contributed by atoms with Gasteiger partial charge in [0.25, 0.3) is 0 Å². The van der Waals surface area contributed by atoms with Crippen LogP contribution in [0.3, 0.4) is 0 Å². The number of amides is 1. The monoisotopic (exact) mass is 329 g/mol. The van der Waals surface area contributed by atoms with Crippen molar-refractivity contribution in [1.29, 1.82) is 0 Å². The molecule has 0 bridgehead atoms. The molecule has 0 aliphatic heterocycles. The average molecular weight is 329 g/mol. The molecular weight excluding hydrogens is 310 g/mol. The fraction of sp³-hybridized carbons (Fsp3) is 0.222. The van der Waals surface area contributed by atoms with Crippen LogP contribution >= 0.6 is 0 Å². The highest BCUT2D eigenvalue weighted by Crippen LogP contribution is 2.26. The zero-order valence-electron chi connectivity index (χ0n) is 13.3. The maximum atomic E-state index is 12.0. The van der Waals surface area contributed by atoms with Crippen LogP contribution in [0.1, 0.15) is 29.3 Å². The summed E-state index contributed by atoms with van der Waals surface area (Å²) in [7, 11) is 0. The Balaban J connectivity index is 2.06. The van der Waals surface area contributed by atoms with Crippen molar-refractivity contribution in [1.82, 2.24) is 0 Å². The number of carboxylic acid groups (broad SMARTS) is 1. The molecule has 0 saturated heterocycles. The number of aromatic carboxylic acids is 1. The van der Waals surface area contributed by atoms with E-state index < -0.39 is 12.1 Å². The van der Waals surface area contributed by atoms with E-state index in [-0.39, 0.29) is 17.9 Å².